The summed E-state index contributed by atoms with van der Waals surface area (Å²) in [5.41, 5.74) is 3.28. The first-order chi connectivity index (χ1) is 13.9. The molecular weight excluding hydrogens is 370 g/mol. The van der Waals surface area contributed by atoms with Crippen molar-refractivity contribution in [3.05, 3.63) is 67.1 Å². The number of fused-ring (bicyclic) bond motifs is 1. The Labute approximate surface area is 167 Å². The summed E-state index contributed by atoms with van der Waals surface area (Å²) in [4.78, 5) is 47.0. The Morgan fingerprint density at radius 3 is 2.76 bits per heavy atom. The summed E-state index contributed by atoms with van der Waals surface area (Å²) in [5.74, 6) is -0.285. The number of aromatic amines is 2. The molecule has 152 valence electrons. The van der Waals surface area contributed by atoms with Crippen LogP contribution < -0.4 is 11.1 Å². The fourth-order valence-corrected chi connectivity index (χ4v) is 3.95. The standard InChI is InChI=1S/C21H25N5O3/c1-4-14-10-19(27)26-18(23-14)11-16(24-26)17-7-5-6-8-25(17)21(29)15-9-12(2)13(3)22-20(15)28/h9-11,17,24H,4-8H2,1-3H3,(H,22,28)/t17-/m0/s1. The highest BCUT2D eigenvalue weighted by atomic mass is 16.2. The zero-order valence-electron chi connectivity index (χ0n) is 16.9. The summed E-state index contributed by atoms with van der Waals surface area (Å²) < 4.78 is 1.41. The van der Waals surface area contributed by atoms with Crippen molar-refractivity contribution in [2.45, 2.75) is 52.5 Å². The molecule has 1 atom stereocenters. The van der Waals surface area contributed by atoms with Crippen LogP contribution in [0.5, 0.6) is 0 Å². The number of piperidine rings is 1. The Balaban J connectivity index is 1.75. The number of carbonyl (C=O) groups excluding carboxylic acids is 1. The molecule has 2 N–H and O–H groups in total. The maximum atomic E-state index is 13.3. The average Bonchev–Trinajstić information content (AvgIpc) is 3.15. The Kier molecular flexibility index (Phi) is 4.86. The van der Waals surface area contributed by atoms with Gasteiger partial charge in [0.15, 0.2) is 5.65 Å². The normalized spacial score (nSPS) is 17.1. The molecule has 0 spiro atoms. The zero-order chi connectivity index (χ0) is 20.7. The molecule has 8 nitrogen and oxygen atoms in total. The highest BCUT2D eigenvalue weighted by Gasteiger charge is 2.31. The van der Waals surface area contributed by atoms with Crippen molar-refractivity contribution in [2.75, 3.05) is 6.54 Å². The van der Waals surface area contributed by atoms with Crippen molar-refractivity contribution in [3.8, 4) is 0 Å². The molecular formula is C21H25N5O3. The van der Waals surface area contributed by atoms with Crippen LogP contribution in [0.25, 0.3) is 5.65 Å². The summed E-state index contributed by atoms with van der Waals surface area (Å²) in [6.07, 6.45) is 3.28. The van der Waals surface area contributed by atoms with Crippen LogP contribution in [0.1, 0.15) is 65.2 Å². The number of hydrogen-bond acceptors (Lipinski definition) is 4. The van der Waals surface area contributed by atoms with Gasteiger partial charge in [-0.15, -0.1) is 0 Å². The van der Waals surface area contributed by atoms with Gasteiger partial charge in [0.05, 0.1) is 11.7 Å². The predicted octanol–water partition coefficient (Wildman–Crippen LogP) is 2.26. The first-order valence-electron chi connectivity index (χ1n) is 10.0. The van der Waals surface area contributed by atoms with E-state index in [-0.39, 0.29) is 28.6 Å². The van der Waals surface area contributed by atoms with Crippen LogP contribution in [-0.4, -0.2) is 36.9 Å². The largest absolute Gasteiger partial charge is 0.330 e. The second-order valence-corrected chi connectivity index (χ2v) is 7.67. The smallest absolute Gasteiger partial charge is 0.272 e. The Morgan fingerprint density at radius 2 is 2.00 bits per heavy atom. The van der Waals surface area contributed by atoms with Gasteiger partial charge in [-0.05, 0) is 51.2 Å². The lowest BCUT2D eigenvalue weighted by atomic mass is 9.98. The number of carbonyl (C=O) groups is 1. The molecule has 29 heavy (non-hydrogen) atoms. The molecule has 0 aliphatic carbocycles. The minimum Gasteiger partial charge on any atom is -0.330 e. The number of rotatable bonds is 3. The highest BCUT2D eigenvalue weighted by molar-refractivity contribution is 5.94. The van der Waals surface area contributed by atoms with E-state index in [0.29, 0.717) is 18.6 Å². The summed E-state index contributed by atoms with van der Waals surface area (Å²) in [5, 5.41) is 3.12. The van der Waals surface area contributed by atoms with Gasteiger partial charge >= 0.3 is 0 Å². The number of pyridine rings is 1. The number of nitrogens with one attached hydrogen (secondary N) is 2. The molecule has 0 bridgehead atoms. The fourth-order valence-electron chi connectivity index (χ4n) is 3.95. The third kappa shape index (κ3) is 3.39. The zero-order valence-corrected chi connectivity index (χ0v) is 16.9. The van der Waals surface area contributed by atoms with E-state index in [1.54, 1.807) is 11.0 Å². The number of amides is 1. The number of nitrogens with zero attached hydrogens (tertiary/aromatic N) is 3. The van der Waals surface area contributed by atoms with Crippen LogP contribution in [-0.2, 0) is 6.42 Å². The van der Waals surface area contributed by atoms with Crippen molar-refractivity contribution in [3.63, 3.8) is 0 Å². The van der Waals surface area contributed by atoms with Crippen LogP contribution in [0.15, 0.2) is 27.8 Å². The number of hydrogen-bond donors (Lipinski definition) is 2. The quantitative estimate of drug-likeness (QED) is 0.710. The lowest BCUT2D eigenvalue weighted by Gasteiger charge is -2.35. The average molecular weight is 395 g/mol. The first-order valence-corrected chi connectivity index (χ1v) is 10.0. The lowest BCUT2D eigenvalue weighted by molar-refractivity contribution is 0.0603. The molecule has 8 heteroatoms. The van der Waals surface area contributed by atoms with Gasteiger partial charge in [-0.2, -0.15) is 0 Å². The summed E-state index contributed by atoms with van der Waals surface area (Å²) in [6.45, 7) is 6.20. The molecule has 4 rings (SSSR count). The van der Waals surface area contributed by atoms with Gasteiger partial charge in [-0.1, -0.05) is 6.92 Å². The fraction of sp³-hybridized carbons (Fsp3) is 0.429. The number of likely N-dealkylation sites (tertiary alicyclic amines) is 1. The molecule has 0 radical (unpaired) electrons. The van der Waals surface area contributed by atoms with Crippen LogP contribution >= 0.6 is 0 Å². The highest BCUT2D eigenvalue weighted by Crippen LogP contribution is 2.31. The summed E-state index contributed by atoms with van der Waals surface area (Å²) in [7, 11) is 0. The van der Waals surface area contributed by atoms with Crippen molar-refractivity contribution >= 4 is 11.6 Å². The lowest BCUT2D eigenvalue weighted by Crippen LogP contribution is -2.41. The second kappa shape index (κ2) is 7.35. The van der Waals surface area contributed by atoms with Gasteiger partial charge < -0.3 is 9.88 Å². The van der Waals surface area contributed by atoms with Crippen LogP contribution in [0.4, 0.5) is 0 Å². The topological polar surface area (TPSA) is 103 Å². The minimum absolute atomic E-state index is 0.152. The molecule has 1 fully saturated rings. The minimum atomic E-state index is -0.371. The Morgan fingerprint density at radius 1 is 1.21 bits per heavy atom. The molecule has 0 aromatic carbocycles. The van der Waals surface area contributed by atoms with E-state index in [1.165, 1.54) is 10.6 Å². The molecule has 3 aromatic heterocycles. The van der Waals surface area contributed by atoms with Gasteiger partial charge in [0.2, 0.25) is 0 Å². The Bertz CT molecular complexity index is 1200. The molecule has 3 aromatic rings. The van der Waals surface area contributed by atoms with Crippen LogP contribution in [0.3, 0.4) is 0 Å². The maximum Gasteiger partial charge on any atom is 0.272 e. The van der Waals surface area contributed by atoms with Crippen molar-refractivity contribution in [2.24, 2.45) is 0 Å². The van der Waals surface area contributed by atoms with E-state index in [2.05, 4.69) is 15.1 Å². The first kappa shape index (κ1) is 19.2. The van der Waals surface area contributed by atoms with Gasteiger partial charge in [0, 0.05) is 30.1 Å². The molecule has 1 amide bonds. The summed E-state index contributed by atoms with van der Waals surface area (Å²) in [6, 6.07) is 4.78. The van der Waals surface area contributed by atoms with Gasteiger partial charge in [0.1, 0.15) is 5.56 Å². The molecule has 1 aliphatic rings. The number of aryl methyl sites for hydroxylation is 3. The van der Waals surface area contributed by atoms with Gasteiger partial charge in [-0.25, -0.2) is 9.50 Å². The monoisotopic (exact) mass is 395 g/mol. The van der Waals surface area contributed by atoms with Gasteiger partial charge in [0.25, 0.3) is 17.0 Å². The molecule has 4 heterocycles. The van der Waals surface area contributed by atoms with E-state index in [0.717, 1.165) is 41.9 Å². The number of aromatic nitrogens is 4. The second-order valence-electron chi connectivity index (χ2n) is 7.67. The van der Waals surface area contributed by atoms with E-state index in [1.807, 2.05) is 26.8 Å². The molecule has 0 saturated carbocycles. The van der Waals surface area contributed by atoms with E-state index < -0.39 is 0 Å². The van der Waals surface area contributed by atoms with Crippen molar-refractivity contribution in [1.82, 2.24) is 24.5 Å². The molecule has 1 saturated heterocycles. The molecule has 1 aliphatic heterocycles. The van der Waals surface area contributed by atoms with E-state index >= 15 is 0 Å². The SMILES string of the molecule is CCc1cc(=O)n2[nH]c([C@@H]3CCCCN3C(=O)c3cc(C)c(C)[nH]c3=O)cc2n1. The van der Waals surface area contributed by atoms with Crippen LogP contribution in [0.2, 0.25) is 0 Å². The van der Waals surface area contributed by atoms with E-state index in [9.17, 15) is 14.4 Å². The molecule has 0 unspecified atom stereocenters. The predicted molar refractivity (Wildman–Crippen MR) is 109 cm³/mol. The third-order valence-corrected chi connectivity index (χ3v) is 5.74. The number of H-pyrrole nitrogens is 2. The van der Waals surface area contributed by atoms with E-state index in [4.69, 9.17) is 0 Å². The van der Waals surface area contributed by atoms with Crippen molar-refractivity contribution in [1.29, 1.82) is 0 Å². The van der Waals surface area contributed by atoms with Crippen LogP contribution in [0, 0.1) is 13.8 Å². The maximum absolute atomic E-state index is 13.3. The third-order valence-electron chi connectivity index (χ3n) is 5.74. The van der Waals surface area contributed by atoms with Crippen molar-refractivity contribution < 1.29 is 4.79 Å². The summed E-state index contributed by atoms with van der Waals surface area (Å²) >= 11 is 0. The van der Waals surface area contributed by atoms with Gasteiger partial charge in [-0.3, -0.25) is 19.5 Å². The Hall–Kier alpha value is -3.16.